The highest BCUT2D eigenvalue weighted by atomic mass is 31.2. The molecule has 70 heavy (non-hydrogen) atoms. The van der Waals surface area contributed by atoms with Crippen LogP contribution < -0.4 is 0 Å². The second-order valence-electron chi connectivity index (χ2n) is 18.1. The van der Waals surface area contributed by atoms with E-state index in [0.717, 1.165) is 64.2 Å². The maximum absolute atomic E-state index is 13.0. The van der Waals surface area contributed by atoms with Crippen LogP contribution in [0.25, 0.3) is 0 Å². The van der Waals surface area contributed by atoms with Gasteiger partial charge in [0, 0.05) is 12.8 Å². The number of allylic oxidation sites excluding steroid dienone is 9. The molecule has 0 radical (unpaired) electrons. The summed E-state index contributed by atoms with van der Waals surface area (Å²) in [7, 11) is -10.7. The number of ether oxygens (including phenoxy) is 2. The molecule has 8 N–H and O–H groups in total. The van der Waals surface area contributed by atoms with E-state index in [4.69, 9.17) is 18.5 Å². The molecule has 1 aliphatic carbocycles. The third kappa shape index (κ3) is 34.9. The number of esters is 2. The molecule has 1 aliphatic rings. The van der Waals surface area contributed by atoms with Crippen LogP contribution in [-0.2, 0) is 41.8 Å². The predicted octanol–water partition coefficient (Wildman–Crippen LogP) is 9.59. The average molecular weight is 1040 g/mol. The Morgan fingerprint density at radius 2 is 1.00 bits per heavy atom. The fourth-order valence-electron chi connectivity index (χ4n) is 7.59. The van der Waals surface area contributed by atoms with E-state index >= 15 is 0 Å². The van der Waals surface area contributed by atoms with Crippen LogP contribution in [0.2, 0.25) is 0 Å². The van der Waals surface area contributed by atoms with E-state index in [1.54, 1.807) is 12.2 Å². The number of aliphatic hydroxyl groups is 5. The van der Waals surface area contributed by atoms with Crippen molar-refractivity contribution in [2.75, 3.05) is 13.2 Å². The Labute approximate surface area is 418 Å². The van der Waals surface area contributed by atoms with E-state index in [2.05, 4.69) is 54.8 Å². The van der Waals surface area contributed by atoms with Crippen LogP contribution in [0.15, 0.2) is 60.8 Å². The van der Waals surface area contributed by atoms with Gasteiger partial charge in [0.15, 0.2) is 6.10 Å². The molecule has 9 atom stereocenters. The first-order valence-corrected chi connectivity index (χ1v) is 29.0. The van der Waals surface area contributed by atoms with E-state index < -0.39 is 89.6 Å². The number of unbranched alkanes of at least 4 members (excludes halogenated alkanes) is 18. The van der Waals surface area contributed by atoms with E-state index in [9.17, 15) is 58.9 Å². The number of hydrogen-bond donors (Lipinski definition) is 8. The van der Waals surface area contributed by atoms with Crippen LogP contribution in [0.3, 0.4) is 0 Å². The molecular formula is C51H90O17P2. The van der Waals surface area contributed by atoms with Crippen LogP contribution in [0.5, 0.6) is 0 Å². The van der Waals surface area contributed by atoms with Gasteiger partial charge in [-0.1, -0.05) is 164 Å². The van der Waals surface area contributed by atoms with Crippen molar-refractivity contribution in [3.63, 3.8) is 0 Å². The van der Waals surface area contributed by atoms with Crippen molar-refractivity contribution in [1.29, 1.82) is 0 Å². The van der Waals surface area contributed by atoms with Crippen LogP contribution in [0.1, 0.15) is 187 Å². The number of hydrogen-bond acceptors (Lipinski definition) is 14. The molecule has 0 aromatic carbocycles. The minimum atomic E-state index is -5.39. The summed E-state index contributed by atoms with van der Waals surface area (Å²) in [6.07, 6.45) is 30.4. The van der Waals surface area contributed by atoms with Crippen LogP contribution in [0.4, 0.5) is 0 Å². The first-order chi connectivity index (χ1) is 33.5. The summed E-state index contributed by atoms with van der Waals surface area (Å²) in [6.45, 7) is 2.93. The SMILES string of the molecule is CCCCC/C=C\C/C=C\CCCCCCCCCCCC(=O)O[C@H](COC(=O)CCCC(O)/C=C/C=C/C/C=C/CCCCCCCC)COP(=O)(O)O[C@H]1C(O)C(O)C(O)[C@@H](OP(=O)(O)O)C1O. The largest absolute Gasteiger partial charge is 0.472 e. The number of carbonyl (C=O) groups is 2. The molecular weight excluding hydrogens is 946 g/mol. The highest BCUT2D eigenvalue weighted by Gasteiger charge is 2.54. The number of phosphoric acid groups is 2. The summed E-state index contributed by atoms with van der Waals surface area (Å²) >= 11 is 0. The summed E-state index contributed by atoms with van der Waals surface area (Å²) in [5.74, 6) is -1.41. The molecule has 1 rings (SSSR count). The molecule has 6 unspecified atom stereocenters. The standard InChI is InChI=1S/C51H90O17P2/c1-3-5-7-9-11-13-15-17-18-19-20-21-22-24-26-28-30-32-34-38-45(54)66-43(41-65-70(62,63)68-51-48(57)46(55)47(56)50(49(51)58)67-69(59,60)61)40-64-44(53)39-35-37-42(52)36-33-31-29-27-25-23-16-14-12-10-8-6-4-2/h11,13,17-18,23,25,29,31,33,36,42-43,46-52,55-58H,3-10,12,14-16,19-22,24,26-28,30,32,34-35,37-41H2,1-2H3,(H,62,63)(H2,59,60,61)/b13-11-,18-17-,25-23+,31-29+,36-33+/t42?,43-,46?,47?,48?,49?,50-,51+/m1/s1. The Morgan fingerprint density at radius 1 is 0.529 bits per heavy atom. The van der Waals surface area contributed by atoms with Gasteiger partial charge in [-0.15, -0.1) is 0 Å². The molecule has 0 aromatic rings. The molecule has 1 saturated carbocycles. The fraction of sp³-hybridized carbons (Fsp3) is 0.765. The summed E-state index contributed by atoms with van der Waals surface area (Å²) < 4.78 is 49.3. The third-order valence-corrected chi connectivity index (χ3v) is 13.2. The van der Waals surface area contributed by atoms with Crippen molar-refractivity contribution in [2.24, 2.45) is 0 Å². The van der Waals surface area contributed by atoms with Gasteiger partial charge in [-0.05, 0) is 70.6 Å². The third-order valence-electron chi connectivity index (χ3n) is 11.7. The van der Waals surface area contributed by atoms with Crippen molar-refractivity contribution < 1.29 is 82.0 Å². The van der Waals surface area contributed by atoms with E-state index in [1.165, 1.54) is 77.0 Å². The van der Waals surface area contributed by atoms with Gasteiger partial charge in [0.05, 0.1) is 12.7 Å². The summed E-state index contributed by atoms with van der Waals surface area (Å²) in [5, 5.41) is 51.7. The number of carbonyl (C=O) groups excluding carboxylic acids is 2. The van der Waals surface area contributed by atoms with E-state index in [-0.39, 0.29) is 25.7 Å². The molecule has 1 fully saturated rings. The second kappa shape index (κ2) is 41.1. The van der Waals surface area contributed by atoms with Gasteiger partial charge in [-0.3, -0.25) is 23.2 Å². The minimum absolute atomic E-state index is 0.00190. The van der Waals surface area contributed by atoms with Crippen LogP contribution in [0, 0.1) is 0 Å². The van der Waals surface area contributed by atoms with Crippen molar-refractivity contribution in [1.82, 2.24) is 0 Å². The van der Waals surface area contributed by atoms with Gasteiger partial charge in [0.2, 0.25) is 0 Å². The molecule has 0 heterocycles. The van der Waals surface area contributed by atoms with Gasteiger partial charge in [0.1, 0.15) is 43.2 Å². The lowest BCUT2D eigenvalue weighted by Crippen LogP contribution is -2.64. The molecule has 0 bridgehead atoms. The molecule has 0 saturated heterocycles. The lowest BCUT2D eigenvalue weighted by Gasteiger charge is -2.43. The smallest absolute Gasteiger partial charge is 0.462 e. The number of phosphoric ester groups is 2. The Kier molecular flexibility index (Phi) is 38.5. The average Bonchev–Trinajstić information content (AvgIpc) is 3.31. The lowest BCUT2D eigenvalue weighted by molar-refractivity contribution is -0.216. The zero-order chi connectivity index (χ0) is 51.9. The Balaban J connectivity index is 2.62. The van der Waals surface area contributed by atoms with Gasteiger partial charge in [0.25, 0.3) is 0 Å². The van der Waals surface area contributed by atoms with Crippen molar-refractivity contribution >= 4 is 27.6 Å². The number of aliphatic hydroxyl groups excluding tert-OH is 5. The zero-order valence-corrected chi connectivity index (χ0v) is 43.8. The fourth-order valence-corrected chi connectivity index (χ4v) is 9.13. The van der Waals surface area contributed by atoms with Crippen molar-refractivity contribution in [3.05, 3.63) is 60.8 Å². The topological polar surface area (TPSA) is 276 Å². The lowest BCUT2D eigenvalue weighted by atomic mass is 9.85. The van der Waals surface area contributed by atoms with E-state index in [1.807, 2.05) is 12.2 Å². The summed E-state index contributed by atoms with van der Waals surface area (Å²) in [5.41, 5.74) is 0. The first kappa shape index (κ1) is 65.7. The summed E-state index contributed by atoms with van der Waals surface area (Å²) in [4.78, 5) is 54.4. The van der Waals surface area contributed by atoms with Crippen molar-refractivity contribution in [3.8, 4) is 0 Å². The molecule has 0 amide bonds. The molecule has 0 aromatic heterocycles. The Hall–Kier alpha value is -2.34. The maximum Gasteiger partial charge on any atom is 0.472 e. The Morgan fingerprint density at radius 3 is 1.56 bits per heavy atom. The van der Waals surface area contributed by atoms with Gasteiger partial charge < -0.3 is 49.7 Å². The normalized spacial score (nSPS) is 21.9. The Bertz CT molecular complexity index is 1600. The quantitative estimate of drug-likeness (QED) is 0.00928. The second-order valence-corrected chi connectivity index (χ2v) is 20.7. The minimum Gasteiger partial charge on any atom is -0.462 e. The molecule has 0 spiro atoms. The summed E-state index contributed by atoms with van der Waals surface area (Å²) in [6, 6.07) is 0. The predicted molar refractivity (Wildman–Crippen MR) is 270 cm³/mol. The molecule has 0 aliphatic heterocycles. The zero-order valence-electron chi connectivity index (χ0n) is 42.0. The molecule has 406 valence electrons. The first-order valence-electron chi connectivity index (χ1n) is 25.9. The van der Waals surface area contributed by atoms with Gasteiger partial charge in [-0.25, -0.2) is 9.13 Å². The molecule has 19 heteroatoms. The number of rotatable bonds is 43. The van der Waals surface area contributed by atoms with Crippen LogP contribution in [-0.4, -0.2) is 114 Å². The molecule has 17 nitrogen and oxygen atoms in total. The monoisotopic (exact) mass is 1040 g/mol. The maximum atomic E-state index is 13.0. The van der Waals surface area contributed by atoms with Crippen LogP contribution >= 0.6 is 15.6 Å². The van der Waals surface area contributed by atoms with Gasteiger partial charge >= 0.3 is 27.6 Å². The highest BCUT2D eigenvalue weighted by Crippen LogP contribution is 2.49. The van der Waals surface area contributed by atoms with Gasteiger partial charge in [-0.2, -0.15) is 0 Å². The van der Waals surface area contributed by atoms with Crippen molar-refractivity contribution in [2.45, 2.75) is 236 Å². The van der Waals surface area contributed by atoms with E-state index in [0.29, 0.717) is 6.42 Å². The highest BCUT2D eigenvalue weighted by molar-refractivity contribution is 7.47.